The lowest BCUT2D eigenvalue weighted by molar-refractivity contribution is 0.585. The maximum Gasteiger partial charge on any atom is -0.0199 e. The minimum atomic E-state index is 0.872. The van der Waals surface area contributed by atoms with Gasteiger partial charge in [-0.3, -0.25) is 0 Å². The van der Waals surface area contributed by atoms with Crippen LogP contribution in [0.4, 0.5) is 0 Å². The van der Waals surface area contributed by atoms with E-state index in [1.165, 1.54) is 44.1 Å². The van der Waals surface area contributed by atoms with Crippen molar-refractivity contribution in [1.29, 1.82) is 0 Å². The monoisotopic (exact) mass is 228 g/mol. The zero-order valence-electron chi connectivity index (χ0n) is 10.9. The molecule has 2 atom stereocenters. The van der Waals surface area contributed by atoms with E-state index < -0.39 is 0 Å². The number of allylic oxidation sites excluding steroid dienone is 1. The zero-order valence-corrected chi connectivity index (χ0v) is 10.9. The Hall–Kier alpha value is -1.04. The minimum absolute atomic E-state index is 0.872. The number of benzene rings is 1. The van der Waals surface area contributed by atoms with Crippen molar-refractivity contribution in [3.8, 4) is 0 Å². The van der Waals surface area contributed by atoms with E-state index in [4.69, 9.17) is 0 Å². The number of unbranched alkanes of at least 4 members (excludes halogenated alkanes) is 3. The van der Waals surface area contributed by atoms with Crippen LogP contribution in [0.5, 0.6) is 0 Å². The van der Waals surface area contributed by atoms with Crippen molar-refractivity contribution in [2.75, 3.05) is 0 Å². The van der Waals surface area contributed by atoms with Crippen LogP contribution in [0.25, 0.3) is 6.08 Å². The molecule has 0 aromatic heterocycles. The van der Waals surface area contributed by atoms with Gasteiger partial charge >= 0.3 is 0 Å². The highest BCUT2D eigenvalue weighted by molar-refractivity contribution is 5.49. The second kappa shape index (κ2) is 6.64. The van der Waals surface area contributed by atoms with E-state index in [9.17, 15) is 0 Å². The molecule has 0 heteroatoms. The van der Waals surface area contributed by atoms with Crippen molar-refractivity contribution in [2.24, 2.45) is 11.8 Å². The summed E-state index contributed by atoms with van der Waals surface area (Å²) in [6.07, 6.45) is 13.2. The number of hydrogen-bond donors (Lipinski definition) is 0. The second-order valence-electron chi connectivity index (χ2n) is 5.28. The Balaban J connectivity index is 1.64. The number of hydrogen-bond acceptors (Lipinski definition) is 0. The third-order valence-corrected chi connectivity index (χ3v) is 3.74. The van der Waals surface area contributed by atoms with Crippen LogP contribution in [0.3, 0.4) is 0 Å². The van der Waals surface area contributed by atoms with Gasteiger partial charge in [-0.1, -0.05) is 75.1 Å². The molecule has 0 nitrogen and oxygen atoms in total. The van der Waals surface area contributed by atoms with Gasteiger partial charge in [0.1, 0.15) is 0 Å². The zero-order chi connectivity index (χ0) is 11.9. The molecule has 92 valence electrons. The van der Waals surface area contributed by atoms with E-state index in [0.717, 1.165) is 11.8 Å². The molecule has 1 aromatic carbocycles. The topological polar surface area (TPSA) is 0 Å². The summed E-state index contributed by atoms with van der Waals surface area (Å²) in [6.45, 7) is 2.28. The lowest BCUT2D eigenvalue weighted by Crippen LogP contribution is -1.82. The molecule has 0 N–H and O–H groups in total. The van der Waals surface area contributed by atoms with E-state index in [0.29, 0.717) is 0 Å². The van der Waals surface area contributed by atoms with Gasteiger partial charge in [0.05, 0.1) is 0 Å². The van der Waals surface area contributed by atoms with Crippen molar-refractivity contribution in [1.82, 2.24) is 0 Å². The van der Waals surface area contributed by atoms with Crippen molar-refractivity contribution in [3.05, 3.63) is 42.0 Å². The Kier molecular flexibility index (Phi) is 4.85. The molecule has 0 bridgehead atoms. The highest BCUT2D eigenvalue weighted by atomic mass is 14.4. The van der Waals surface area contributed by atoms with Crippen LogP contribution < -0.4 is 0 Å². The predicted molar refractivity (Wildman–Crippen MR) is 75.8 cm³/mol. The maximum atomic E-state index is 2.42. The van der Waals surface area contributed by atoms with Gasteiger partial charge in [-0.2, -0.15) is 0 Å². The largest absolute Gasteiger partial charge is 0.0805 e. The first-order chi connectivity index (χ1) is 8.40. The molecule has 2 rings (SSSR count). The maximum absolute atomic E-state index is 2.42. The third kappa shape index (κ3) is 4.38. The average Bonchev–Trinajstić information content (AvgIpc) is 3.12. The molecule has 17 heavy (non-hydrogen) atoms. The fourth-order valence-electron chi connectivity index (χ4n) is 2.47. The summed E-state index contributed by atoms with van der Waals surface area (Å²) in [5, 5.41) is 0. The summed E-state index contributed by atoms with van der Waals surface area (Å²) in [4.78, 5) is 0. The summed E-state index contributed by atoms with van der Waals surface area (Å²) in [7, 11) is 0. The predicted octanol–water partition coefficient (Wildman–Crippen LogP) is 5.31. The van der Waals surface area contributed by atoms with Crippen LogP contribution in [0.15, 0.2) is 36.4 Å². The molecule has 0 radical (unpaired) electrons. The van der Waals surface area contributed by atoms with Gasteiger partial charge in [0, 0.05) is 0 Å². The lowest BCUT2D eigenvalue weighted by Gasteiger charge is -1.97. The normalized spacial score (nSPS) is 23.1. The Bertz CT molecular complexity index is 336. The summed E-state index contributed by atoms with van der Waals surface area (Å²) >= 11 is 0. The Morgan fingerprint density at radius 3 is 2.71 bits per heavy atom. The Morgan fingerprint density at radius 1 is 1.12 bits per heavy atom. The van der Waals surface area contributed by atoms with Crippen LogP contribution in [0.2, 0.25) is 0 Å². The summed E-state index contributed by atoms with van der Waals surface area (Å²) in [5.74, 6) is 1.86. The molecule has 0 spiro atoms. The fourth-order valence-corrected chi connectivity index (χ4v) is 2.47. The van der Waals surface area contributed by atoms with E-state index in [-0.39, 0.29) is 0 Å². The van der Waals surface area contributed by atoms with Crippen LogP contribution in [-0.2, 0) is 0 Å². The van der Waals surface area contributed by atoms with Gasteiger partial charge in [-0.05, 0) is 30.2 Å². The van der Waals surface area contributed by atoms with Crippen molar-refractivity contribution in [3.63, 3.8) is 0 Å². The molecule has 0 heterocycles. The van der Waals surface area contributed by atoms with Crippen molar-refractivity contribution in [2.45, 2.75) is 45.4 Å². The summed E-state index contributed by atoms with van der Waals surface area (Å²) in [5.41, 5.74) is 1.34. The van der Waals surface area contributed by atoms with Gasteiger partial charge in [0.2, 0.25) is 0 Å². The first-order valence-electron chi connectivity index (χ1n) is 7.13. The standard InChI is InChI=1S/C17H24/c1-2-3-4-8-11-16-14-17(16)13-12-15-9-6-5-7-10-15/h5-7,9-10,12-13,16-17H,2-4,8,11,14H2,1H3/b13-12+/t16-,17+/m1/s1. The van der Waals surface area contributed by atoms with Gasteiger partial charge in [-0.25, -0.2) is 0 Å². The molecule has 0 saturated heterocycles. The van der Waals surface area contributed by atoms with Crippen LogP contribution in [-0.4, -0.2) is 0 Å². The first kappa shape index (κ1) is 12.4. The van der Waals surface area contributed by atoms with Crippen LogP contribution in [0, 0.1) is 11.8 Å². The summed E-state index contributed by atoms with van der Waals surface area (Å²) in [6, 6.07) is 10.6. The lowest BCUT2D eigenvalue weighted by atomic mass is 10.1. The molecule has 1 fully saturated rings. The van der Waals surface area contributed by atoms with E-state index in [2.05, 4.69) is 49.4 Å². The van der Waals surface area contributed by atoms with Crippen molar-refractivity contribution < 1.29 is 0 Å². The van der Waals surface area contributed by atoms with Gasteiger partial charge in [0.15, 0.2) is 0 Å². The van der Waals surface area contributed by atoms with E-state index >= 15 is 0 Å². The summed E-state index contributed by atoms with van der Waals surface area (Å²) < 4.78 is 0. The van der Waals surface area contributed by atoms with E-state index in [1.807, 2.05) is 0 Å². The van der Waals surface area contributed by atoms with Gasteiger partial charge in [-0.15, -0.1) is 0 Å². The quantitative estimate of drug-likeness (QED) is 0.555. The average molecular weight is 228 g/mol. The molecule has 0 unspecified atom stereocenters. The molecule has 1 aromatic rings. The molecule has 1 saturated carbocycles. The SMILES string of the molecule is CCCCCC[C@@H]1C[C@@H]1/C=C/c1ccccc1. The van der Waals surface area contributed by atoms with Crippen molar-refractivity contribution >= 4 is 6.08 Å². The molecular formula is C17H24. The van der Waals surface area contributed by atoms with E-state index in [1.54, 1.807) is 0 Å². The Morgan fingerprint density at radius 2 is 1.94 bits per heavy atom. The van der Waals surface area contributed by atoms with Gasteiger partial charge < -0.3 is 0 Å². The highest BCUT2D eigenvalue weighted by Gasteiger charge is 2.33. The third-order valence-electron chi connectivity index (χ3n) is 3.74. The van der Waals surface area contributed by atoms with Crippen LogP contribution in [0.1, 0.15) is 51.0 Å². The Labute approximate surface area is 106 Å². The molecule has 0 amide bonds. The first-order valence-corrected chi connectivity index (χ1v) is 7.13. The minimum Gasteiger partial charge on any atom is -0.0805 e. The molecular weight excluding hydrogens is 204 g/mol. The fraction of sp³-hybridized carbons (Fsp3) is 0.529. The number of rotatable bonds is 7. The highest BCUT2D eigenvalue weighted by Crippen LogP contribution is 2.43. The molecule has 1 aliphatic carbocycles. The molecule has 0 aliphatic heterocycles. The van der Waals surface area contributed by atoms with Crippen LogP contribution >= 0.6 is 0 Å². The van der Waals surface area contributed by atoms with Gasteiger partial charge in [0.25, 0.3) is 0 Å². The molecule has 1 aliphatic rings. The second-order valence-corrected chi connectivity index (χ2v) is 5.28. The smallest absolute Gasteiger partial charge is 0.0199 e.